The first-order valence-electron chi connectivity index (χ1n) is 8.24. The van der Waals surface area contributed by atoms with Crippen LogP contribution in [0.15, 0.2) is 28.9 Å². The molecule has 0 aliphatic heterocycles. The van der Waals surface area contributed by atoms with Crippen molar-refractivity contribution in [3.8, 4) is 0 Å². The van der Waals surface area contributed by atoms with Gasteiger partial charge in [0.15, 0.2) is 0 Å². The molecule has 128 valence electrons. The molecule has 4 heteroatoms. The molecule has 0 aliphatic carbocycles. The lowest BCUT2D eigenvalue weighted by atomic mass is 10.0. The number of hydrogen-bond donors (Lipinski definition) is 1. The second-order valence-corrected chi connectivity index (χ2v) is 4.96. The van der Waals surface area contributed by atoms with Crippen LogP contribution in [0.3, 0.4) is 0 Å². The number of rotatable bonds is 10. The van der Waals surface area contributed by atoms with Crippen molar-refractivity contribution in [1.82, 2.24) is 4.90 Å². The van der Waals surface area contributed by atoms with Crippen molar-refractivity contribution >= 4 is 12.2 Å². The number of nitrogens with zero attached hydrogens (tertiary/aromatic N) is 2. The summed E-state index contributed by atoms with van der Waals surface area (Å²) in [5.74, 6) is -0.944. The van der Waals surface area contributed by atoms with E-state index in [4.69, 9.17) is 5.11 Å². The molecule has 0 heterocycles. The summed E-state index contributed by atoms with van der Waals surface area (Å²) < 4.78 is 0. The molecule has 4 nitrogen and oxygen atoms in total. The van der Waals surface area contributed by atoms with Gasteiger partial charge in [-0.15, -0.1) is 0 Å². The Hall–Kier alpha value is -1.42. The predicted octanol–water partition coefficient (Wildman–Crippen LogP) is 4.39. The van der Waals surface area contributed by atoms with E-state index in [9.17, 15) is 4.79 Å². The largest absolute Gasteiger partial charge is 0.481 e. The number of hydrogen-bond acceptors (Lipinski definition) is 3. The van der Waals surface area contributed by atoms with Gasteiger partial charge in [0.2, 0.25) is 0 Å². The molecule has 0 aromatic carbocycles. The summed E-state index contributed by atoms with van der Waals surface area (Å²) in [4.78, 5) is 17.5. The highest BCUT2D eigenvalue weighted by Gasteiger charge is 2.16. The van der Waals surface area contributed by atoms with E-state index in [1.54, 1.807) is 0 Å². The highest BCUT2D eigenvalue weighted by atomic mass is 16.4. The molecule has 0 fully saturated rings. The molecule has 0 aliphatic rings. The zero-order valence-electron chi connectivity index (χ0n) is 15.2. The minimum Gasteiger partial charge on any atom is -0.481 e. The third-order valence-corrected chi connectivity index (χ3v) is 3.31. The maximum absolute atomic E-state index is 11.0. The van der Waals surface area contributed by atoms with Crippen LogP contribution in [0.5, 0.6) is 0 Å². The van der Waals surface area contributed by atoms with Gasteiger partial charge in [-0.3, -0.25) is 14.7 Å². The van der Waals surface area contributed by atoms with Crippen LogP contribution in [0.4, 0.5) is 0 Å². The van der Waals surface area contributed by atoms with Gasteiger partial charge in [0, 0.05) is 18.5 Å². The molecule has 0 aromatic rings. The van der Waals surface area contributed by atoms with Crippen LogP contribution < -0.4 is 0 Å². The van der Waals surface area contributed by atoms with Gasteiger partial charge in [0.1, 0.15) is 0 Å². The number of carboxylic acids is 1. The molecule has 1 atom stereocenters. The van der Waals surface area contributed by atoms with E-state index in [1.807, 2.05) is 46.9 Å². The average Bonchev–Trinajstić information content (AvgIpc) is 2.51. The van der Waals surface area contributed by atoms with Crippen LogP contribution in [0, 0.1) is 5.92 Å². The Balaban J connectivity index is 0. The molecule has 0 rings (SSSR count). The summed E-state index contributed by atoms with van der Waals surface area (Å²) in [5, 5.41) is 9.07. The molecule has 0 saturated carbocycles. The quantitative estimate of drug-likeness (QED) is 0.609. The summed E-state index contributed by atoms with van der Waals surface area (Å²) >= 11 is 0. The maximum atomic E-state index is 11.0. The molecular weight excluding hydrogens is 276 g/mol. The summed E-state index contributed by atoms with van der Waals surface area (Å²) in [6.07, 6.45) is 5.23. The second kappa shape index (κ2) is 14.5. The lowest BCUT2D eigenvalue weighted by molar-refractivity contribution is -0.142. The number of aliphatic imine (C=N–C) groups is 1. The normalized spacial score (nSPS) is 13.0. The van der Waals surface area contributed by atoms with E-state index in [2.05, 4.69) is 23.4 Å². The standard InChI is InChI=1S/C16H28N2O2.C2H6/c1-6-14(11-17-13(4)5)12-18(8-3)10-9-15(7-2)16(19)20;1-2/h6,11,15H,4,7-10,12H2,1-3,5H3,(H,19,20);1-2H3/b14-6+,17-11?;. The van der Waals surface area contributed by atoms with Gasteiger partial charge in [0.25, 0.3) is 0 Å². The van der Waals surface area contributed by atoms with Crippen LogP contribution >= 0.6 is 0 Å². The minimum absolute atomic E-state index is 0.248. The number of aliphatic carboxylic acids is 1. The van der Waals surface area contributed by atoms with Gasteiger partial charge < -0.3 is 5.11 Å². The Kier molecular flexibility index (Phi) is 15.1. The highest BCUT2D eigenvalue weighted by molar-refractivity contribution is 5.79. The second-order valence-electron chi connectivity index (χ2n) is 4.96. The molecule has 22 heavy (non-hydrogen) atoms. The SMILES string of the molecule is C=C(C)N=C/C(=C\C)CN(CC)CCC(CC)C(=O)O.CC. The van der Waals surface area contributed by atoms with Gasteiger partial charge in [-0.1, -0.05) is 40.3 Å². The van der Waals surface area contributed by atoms with E-state index in [0.717, 1.165) is 30.9 Å². The van der Waals surface area contributed by atoms with Crippen molar-refractivity contribution in [3.63, 3.8) is 0 Å². The fourth-order valence-electron chi connectivity index (χ4n) is 1.85. The molecule has 0 saturated heterocycles. The van der Waals surface area contributed by atoms with E-state index in [1.165, 1.54) is 0 Å². The summed E-state index contributed by atoms with van der Waals surface area (Å²) in [5.41, 5.74) is 1.91. The number of carbonyl (C=O) groups is 1. The van der Waals surface area contributed by atoms with Crippen molar-refractivity contribution in [2.45, 2.75) is 54.4 Å². The van der Waals surface area contributed by atoms with Crippen molar-refractivity contribution in [1.29, 1.82) is 0 Å². The van der Waals surface area contributed by atoms with Gasteiger partial charge >= 0.3 is 5.97 Å². The van der Waals surface area contributed by atoms with Crippen LogP contribution in [-0.2, 0) is 4.79 Å². The smallest absolute Gasteiger partial charge is 0.306 e. The molecule has 1 unspecified atom stereocenters. The highest BCUT2D eigenvalue weighted by Crippen LogP contribution is 2.10. The third kappa shape index (κ3) is 11.3. The summed E-state index contributed by atoms with van der Waals surface area (Å²) in [7, 11) is 0. The molecule has 1 N–H and O–H groups in total. The molecule has 0 amide bonds. The number of carboxylic acid groups (broad SMARTS) is 1. The number of allylic oxidation sites excluding steroid dienone is 2. The molecule has 0 spiro atoms. The van der Waals surface area contributed by atoms with E-state index in [0.29, 0.717) is 12.8 Å². The van der Waals surface area contributed by atoms with Crippen molar-refractivity contribution < 1.29 is 9.90 Å². The van der Waals surface area contributed by atoms with Crippen LogP contribution in [0.2, 0.25) is 0 Å². The maximum Gasteiger partial charge on any atom is 0.306 e. The zero-order chi connectivity index (χ0) is 17.5. The first kappa shape index (κ1) is 22.9. The zero-order valence-corrected chi connectivity index (χ0v) is 15.2. The third-order valence-electron chi connectivity index (χ3n) is 3.31. The molecule has 0 bridgehead atoms. The van der Waals surface area contributed by atoms with Crippen molar-refractivity contribution in [2.24, 2.45) is 10.9 Å². The molecular formula is C18H34N2O2. The van der Waals surface area contributed by atoms with E-state index < -0.39 is 5.97 Å². The predicted molar refractivity (Wildman–Crippen MR) is 96.6 cm³/mol. The summed E-state index contributed by atoms with van der Waals surface area (Å²) in [6, 6.07) is 0. The van der Waals surface area contributed by atoms with Gasteiger partial charge in [-0.2, -0.15) is 0 Å². The summed E-state index contributed by atoms with van der Waals surface area (Å²) in [6.45, 7) is 18.1. The molecule has 0 radical (unpaired) electrons. The first-order valence-corrected chi connectivity index (χ1v) is 8.24. The Labute approximate surface area is 136 Å². The topological polar surface area (TPSA) is 52.9 Å². The Morgan fingerprint density at radius 3 is 2.32 bits per heavy atom. The Morgan fingerprint density at radius 2 is 1.95 bits per heavy atom. The van der Waals surface area contributed by atoms with E-state index >= 15 is 0 Å². The van der Waals surface area contributed by atoms with Crippen molar-refractivity contribution in [3.05, 3.63) is 23.9 Å². The Morgan fingerprint density at radius 1 is 1.36 bits per heavy atom. The Bertz CT molecular complexity index is 373. The first-order chi connectivity index (χ1) is 10.4. The van der Waals surface area contributed by atoms with Crippen LogP contribution in [0.25, 0.3) is 0 Å². The fourth-order valence-corrected chi connectivity index (χ4v) is 1.85. The van der Waals surface area contributed by atoms with Crippen LogP contribution in [-0.4, -0.2) is 41.8 Å². The van der Waals surface area contributed by atoms with Gasteiger partial charge in [-0.25, -0.2) is 0 Å². The number of likely N-dealkylation sites (N-methyl/N-ethyl adjacent to an activating group) is 1. The molecule has 0 aromatic heterocycles. The van der Waals surface area contributed by atoms with Gasteiger partial charge in [0.05, 0.1) is 5.92 Å². The van der Waals surface area contributed by atoms with Crippen molar-refractivity contribution in [2.75, 3.05) is 19.6 Å². The average molecular weight is 310 g/mol. The van der Waals surface area contributed by atoms with E-state index in [-0.39, 0.29) is 5.92 Å². The monoisotopic (exact) mass is 310 g/mol. The fraction of sp³-hybridized carbons (Fsp3) is 0.667. The van der Waals surface area contributed by atoms with Gasteiger partial charge in [-0.05, 0) is 45.4 Å². The lowest BCUT2D eigenvalue weighted by Crippen LogP contribution is -2.30. The lowest BCUT2D eigenvalue weighted by Gasteiger charge is -2.22. The minimum atomic E-state index is -0.696. The van der Waals surface area contributed by atoms with Crippen LogP contribution in [0.1, 0.15) is 54.4 Å².